The van der Waals surface area contributed by atoms with Gasteiger partial charge in [-0.05, 0) is 82.2 Å². The summed E-state index contributed by atoms with van der Waals surface area (Å²) in [6.07, 6.45) is 8.05. The predicted molar refractivity (Wildman–Crippen MR) is 186 cm³/mol. The third-order valence-corrected chi connectivity index (χ3v) is 8.80. The highest BCUT2D eigenvalue weighted by atomic mass is 19.1. The van der Waals surface area contributed by atoms with E-state index in [-0.39, 0.29) is 6.54 Å². The maximum absolute atomic E-state index is 13.9. The lowest BCUT2D eigenvalue weighted by Gasteiger charge is -2.39. The van der Waals surface area contributed by atoms with Gasteiger partial charge in [-0.2, -0.15) is 0 Å². The molecule has 1 saturated carbocycles. The van der Waals surface area contributed by atoms with Crippen LogP contribution in [-0.2, 0) is 11.3 Å². The second kappa shape index (κ2) is 13.9. The van der Waals surface area contributed by atoms with Crippen LogP contribution in [0, 0.1) is 11.7 Å². The maximum atomic E-state index is 13.9. The molecule has 1 aliphatic carbocycles. The maximum Gasteiger partial charge on any atom is 0.417 e. The van der Waals surface area contributed by atoms with Crippen LogP contribution in [0.2, 0.25) is 0 Å². The number of hydrogen-bond acceptors (Lipinski definition) is 8. The molecular weight excluding hydrogens is 611 g/mol. The normalized spacial score (nSPS) is 16.8. The molecule has 2 fully saturated rings. The number of benzene rings is 1. The monoisotopic (exact) mass is 658 g/mol. The van der Waals surface area contributed by atoms with Gasteiger partial charge in [-0.1, -0.05) is 33.8 Å². The number of pyridine rings is 2. The fraction of sp³-hybridized carbons (Fsp3) is 0.459. The lowest BCUT2D eigenvalue weighted by atomic mass is 9.86. The van der Waals surface area contributed by atoms with Crippen LogP contribution >= 0.6 is 0 Å². The molecule has 3 aromatic heterocycles. The minimum Gasteiger partial charge on any atom is -0.443 e. The van der Waals surface area contributed by atoms with E-state index < -0.39 is 29.0 Å². The average Bonchev–Trinajstić information content (AvgIpc) is 3.78. The number of carbonyl (C=O) groups excluding carboxylic acids is 2. The van der Waals surface area contributed by atoms with E-state index in [1.807, 2.05) is 45.9 Å². The van der Waals surface area contributed by atoms with E-state index in [0.29, 0.717) is 45.5 Å². The van der Waals surface area contributed by atoms with Gasteiger partial charge in [0.15, 0.2) is 0 Å². The highest BCUT2D eigenvalue weighted by molar-refractivity contribution is 6.11. The van der Waals surface area contributed by atoms with E-state index in [0.717, 1.165) is 49.4 Å². The number of rotatable bonds is 5. The van der Waals surface area contributed by atoms with Crippen molar-refractivity contribution in [3.63, 3.8) is 0 Å². The summed E-state index contributed by atoms with van der Waals surface area (Å²) in [4.78, 5) is 39.2. The summed E-state index contributed by atoms with van der Waals surface area (Å²) >= 11 is 0. The molecule has 2 N–H and O–H groups in total. The Bertz CT molecular complexity index is 1770. The molecule has 0 radical (unpaired) electrons. The summed E-state index contributed by atoms with van der Waals surface area (Å²) in [6, 6.07) is 10.2. The van der Waals surface area contributed by atoms with E-state index in [2.05, 4.69) is 20.2 Å². The van der Waals surface area contributed by atoms with Gasteiger partial charge in [-0.3, -0.25) is 9.20 Å². The van der Waals surface area contributed by atoms with Crippen molar-refractivity contribution in [3.8, 4) is 11.3 Å². The summed E-state index contributed by atoms with van der Waals surface area (Å²) in [5, 5.41) is 14.2. The zero-order chi connectivity index (χ0) is 34.8. The fourth-order valence-corrected chi connectivity index (χ4v) is 6.35. The first-order valence-corrected chi connectivity index (χ1v) is 17.0. The Morgan fingerprint density at radius 2 is 1.73 bits per heavy atom. The van der Waals surface area contributed by atoms with Crippen LogP contribution in [0.3, 0.4) is 0 Å². The van der Waals surface area contributed by atoms with Crippen molar-refractivity contribution >= 4 is 34.8 Å². The van der Waals surface area contributed by atoms with Gasteiger partial charge < -0.3 is 20.1 Å². The van der Waals surface area contributed by atoms with Crippen molar-refractivity contribution in [1.29, 1.82) is 0 Å². The van der Waals surface area contributed by atoms with Crippen LogP contribution < -0.4 is 10.2 Å². The lowest BCUT2D eigenvalue weighted by Crippen LogP contribution is -2.45. The Labute approximate surface area is 281 Å². The lowest BCUT2D eigenvalue weighted by molar-refractivity contribution is -0.00533. The van der Waals surface area contributed by atoms with Gasteiger partial charge in [0.2, 0.25) is 0 Å². The number of imidazole rings is 1. The van der Waals surface area contributed by atoms with Gasteiger partial charge >= 0.3 is 6.09 Å². The van der Waals surface area contributed by atoms with Crippen LogP contribution in [0.1, 0.15) is 90.1 Å². The molecule has 1 aromatic carbocycles. The zero-order valence-electron chi connectivity index (χ0n) is 29.0. The van der Waals surface area contributed by atoms with Gasteiger partial charge in [0.05, 0.1) is 47.2 Å². The highest BCUT2D eigenvalue weighted by Gasteiger charge is 2.45. The summed E-state index contributed by atoms with van der Waals surface area (Å²) in [5.74, 6) is 0.118. The third-order valence-electron chi connectivity index (χ3n) is 8.80. The van der Waals surface area contributed by atoms with Gasteiger partial charge in [-0.25, -0.2) is 24.1 Å². The van der Waals surface area contributed by atoms with Gasteiger partial charge in [-0.15, -0.1) is 0 Å². The number of aliphatic hydroxyl groups is 1. The van der Waals surface area contributed by atoms with Crippen LogP contribution in [0.25, 0.3) is 16.9 Å². The quantitative estimate of drug-likeness (QED) is 0.222. The van der Waals surface area contributed by atoms with Crippen molar-refractivity contribution in [2.45, 2.75) is 91.9 Å². The van der Waals surface area contributed by atoms with E-state index in [1.54, 1.807) is 49.8 Å². The predicted octanol–water partition coefficient (Wildman–Crippen LogP) is 7.96. The standard InChI is InChI=1S/C33H35FN6O4.2C2H6/c1-32(2,3)44-31(42)40-19-24-23(26-18-36-28-16-21(34)10-13-39(26)28)7-8-25(29(24)30(40)41)37-27-9-6-22(17-35-27)38-14-11-33(43,12-15-38)20-4-5-20;2*1-2/h6-10,13,16-18,20,43H,4-5,11-12,14-15,19H2,1-3H3,(H,35,37);2*1-2H3. The van der Waals surface area contributed by atoms with Crippen LogP contribution in [-0.4, -0.2) is 60.7 Å². The number of aromatic nitrogens is 3. The first-order valence-electron chi connectivity index (χ1n) is 17.0. The van der Waals surface area contributed by atoms with Crippen LogP contribution in [0.5, 0.6) is 0 Å². The molecular formula is C37H47FN6O4. The first kappa shape index (κ1) is 34.8. The van der Waals surface area contributed by atoms with Crippen LogP contribution in [0.4, 0.5) is 26.4 Å². The number of piperidine rings is 1. The van der Waals surface area contributed by atoms with Gasteiger partial charge in [0, 0.05) is 30.9 Å². The molecule has 1 saturated heterocycles. The molecule has 5 heterocycles. The molecule has 3 aliphatic rings. The molecule has 0 bridgehead atoms. The number of nitrogens with zero attached hydrogens (tertiary/aromatic N) is 5. The Morgan fingerprint density at radius 1 is 1.02 bits per heavy atom. The number of ether oxygens (including phenoxy) is 1. The number of fused-ring (bicyclic) bond motifs is 2. The van der Waals surface area contributed by atoms with Gasteiger partial charge in [0.25, 0.3) is 5.91 Å². The number of amides is 2. The Kier molecular flexibility index (Phi) is 10.1. The Balaban J connectivity index is 0.00000109. The molecule has 0 atom stereocenters. The molecule has 4 aromatic rings. The number of anilines is 3. The van der Waals surface area contributed by atoms with Crippen molar-refractivity contribution in [3.05, 3.63) is 71.9 Å². The van der Waals surface area contributed by atoms with Crippen molar-refractivity contribution < 1.29 is 23.8 Å². The molecule has 7 rings (SSSR count). The molecule has 2 amide bonds. The van der Waals surface area contributed by atoms with Crippen molar-refractivity contribution in [1.82, 2.24) is 19.3 Å². The minimum atomic E-state index is -0.779. The molecule has 0 unspecified atom stereocenters. The summed E-state index contributed by atoms with van der Waals surface area (Å²) in [6.45, 7) is 14.8. The number of nitrogens with one attached hydrogen (secondary N) is 1. The van der Waals surface area contributed by atoms with Gasteiger partial charge in [0.1, 0.15) is 22.9 Å². The van der Waals surface area contributed by atoms with Crippen molar-refractivity contribution in [2.24, 2.45) is 5.92 Å². The number of halogens is 1. The largest absolute Gasteiger partial charge is 0.443 e. The number of carbonyl (C=O) groups is 2. The highest BCUT2D eigenvalue weighted by Crippen LogP contribution is 2.45. The second-order valence-electron chi connectivity index (χ2n) is 13.0. The topological polar surface area (TPSA) is 112 Å². The fourth-order valence-electron chi connectivity index (χ4n) is 6.35. The SMILES string of the molecule is CC.CC.CC(C)(C)OC(=O)N1Cc2c(-c3cnc4cc(F)ccn34)ccc(Nc3ccc(N4CCC(O)(C5CC5)CC4)cn3)c2C1=O. The van der Waals surface area contributed by atoms with E-state index in [9.17, 15) is 19.1 Å². The molecule has 48 heavy (non-hydrogen) atoms. The molecule has 11 heteroatoms. The average molecular weight is 659 g/mol. The van der Waals surface area contributed by atoms with E-state index in [4.69, 9.17) is 4.74 Å². The van der Waals surface area contributed by atoms with E-state index >= 15 is 0 Å². The minimum absolute atomic E-state index is 0.0108. The Morgan fingerprint density at radius 3 is 2.35 bits per heavy atom. The second-order valence-corrected chi connectivity index (χ2v) is 13.0. The van der Waals surface area contributed by atoms with Crippen molar-refractivity contribution in [2.75, 3.05) is 23.3 Å². The summed E-state index contributed by atoms with van der Waals surface area (Å²) < 4.78 is 21.2. The number of hydrogen-bond donors (Lipinski definition) is 2. The number of imide groups is 1. The van der Waals surface area contributed by atoms with Crippen LogP contribution in [0.15, 0.2) is 55.0 Å². The smallest absolute Gasteiger partial charge is 0.417 e. The molecule has 2 aliphatic heterocycles. The summed E-state index contributed by atoms with van der Waals surface area (Å²) in [7, 11) is 0. The molecule has 256 valence electrons. The third kappa shape index (κ3) is 7.01. The van der Waals surface area contributed by atoms with E-state index in [1.165, 1.54) is 12.1 Å². The summed E-state index contributed by atoms with van der Waals surface area (Å²) in [5.41, 5.74) is 2.94. The molecule has 10 nitrogen and oxygen atoms in total. The first-order chi connectivity index (χ1) is 23.0. The molecule has 0 spiro atoms. The Hall–Kier alpha value is -4.51. The zero-order valence-corrected chi connectivity index (χ0v) is 29.0.